The quantitative estimate of drug-likeness (QED) is 0.417. The van der Waals surface area contributed by atoms with Crippen LogP contribution in [-0.2, 0) is 22.7 Å². The monoisotopic (exact) mass is 377 g/mol. The third kappa shape index (κ3) is 4.87. The minimum Gasteiger partial charge on any atom is -0.392 e. The fourth-order valence-corrected chi connectivity index (χ4v) is 2.52. The van der Waals surface area contributed by atoms with Crippen LogP contribution in [0, 0.1) is 17.0 Å². The normalized spacial score (nSPS) is 11.9. The highest BCUT2D eigenvalue weighted by Crippen LogP contribution is 2.27. The molecule has 0 saturated carbocycles. The Hall–Kier alpha value is -2.84. The lowest BCUT2D eigenvalue weighted by Gasteiger charge is -2.19. The van der Waals surface area contributed by atoms with E-state index in [0.717, 1.165) is 12.1 Å². The maximum Gasteiger partial charge on any atom is 0.254 e. The maximum absolute atomic E-state index is 14.5. The third-order valence-electron chi connectivity index (χ3n) is 3.94. The van der Waals surface area contributed by atoms with Crippen molar-refractivity contribution in [2.45, 2.75) is 26.2 Å². The van der Waals surface area contributed by atoms with E-state index in [1.807, 2.05) is 0 Å². The molecule has 0 saturated heterocycles. The van der Waals surface area contributed by atoms with Crippen molar-refractivity contribution < 1.29 is 23.4 Å². The molecule has 0 aliphatic rings. The van der Waals surface area contributed by atoms with Gasteiger partial charge in [0.15, 0.2) is 6.10 Å². The van der Waals surface area contributed by atoms with Crippen molar-refractivity contribution in [3.8, 4) is 0 Å². The lowest BCUT2D eigenvalue weighted by molar-refractivity contribution is -0.133. The fourth-order valence-electron chi connectivity index (χ4n) is 2.52. The van der Waals surface area contributed by atoms with Gasteiger partial charge in [-0.05, 0) is 18.6 Å². The number of halogens is 2. The summed E-state index contributed by atoms with van der Waals surface area (Å²) in [5.41, 5.74) is 5.99. The predicted molar refractivity (Wildman–Crippen MR) is 96.0 cm³/mol. The van der Waals surface area contributed by atoms with E-state index in [1.165, 1.54) is 0 Å². The molecule has 1 amide bonds. The number of nitrogen functional groups attached to an aromatic ring is 1. The Balaban J connectivity index is 2.19. The second kappa shape index (κ2) is 9.20. The molecule has 5 N–H and O–H groups in total. The number of ether oxygens (including phenoxy) is 1. The van der Waals surface area contributed by atoms with Gasteiger partial charge in [-0.1, -0.05) is 30.3 Å². The van der Waals surface area contributed by atoms with Crippen molar-refractivity contribution in [2.24, 2.45) is 5.73 Å². The first kappa shape index (κ1) is 20.5. The van der Waals surface area contributed by atoms with Crippen molar-refractivity contribution in [1.29, 1.82) is 5.41 Å². The van der Waals surface area contributed by atoms with E-state index in [-0.39, 0.29) is 24.6 Å². The van der Waals surface area contributed by atoms with Crippen molar-refractivity contribution in [3.05, 3.63) is 70.3 Å². The number of carbonyl (C=O) groups excluding carboxylic acids is 1. The van der Waals surface area contributed by atoms with Gasteiger partial charge in [0.2, 0.25) is 0 Å². The molecule has 8 heteroatoms. The van der Waals surface area contributed by atoms with E-state index in [9.17, 15) is 13.6 Å². The van der Waals surface area contributed by atoms with Crippen LogP contribution < -0.4 is 11.1 Å². The zero-order chi connectivity index (χ0) is 20.0. The number of aliphatic hydroxyl groups is 1. The van der Waals surface area contributed by atoms with Crippen LogP contribution in [0.4, 0.5) is 8.78 Å². The number of hydrogen-bond acceptors (Lipinski definition) is 4. The fraction of sp³-hybridized carbons (Fsp3) is 0.263. The van der Waals surface area contributed by atoms with E-state index in [4.69, 9.17) is 21.0 Å². The first-order valence-electron chi connectivity index (χ1n) is 8.29. The smallest absolute Gasteiger partial charge is 0.254 e. The summed E-state index contributed by atoms with van der Waals surface area (Å²) >= 11 is 0. The predicted octanol–water partition coefficient (Wildman–Crippen LogP) is 2.14. The molecule has 6 nitrogen and oxygen atoms in total. The van der Waals surface area contributed by atoms with Gasteiger partial charge in [0.1, 0.15) is 17.5 Å². The van der Waals surface area contributed by atoms with E-state index in [0.29, 0.717) is 11.1 Å². The summed E-state index contributed by atoms with van der Waals surface area (Å²) in [4.78, 5) is 12.5. The number of benzene rings is 2. The van der Waals surface area contributed by atoms with Crippen LogP contribution in [0.15, 0.2) is 36.4 Å². The zero-order valence-corrected chi connectivity index (χ0v) is 14.8. The second-order valence-corrected chi connectivity index (χ2v) is 5.76. The number of amides is 1. The number of nitrogens with two attached hydrogens (primary N) is 1. The van der Waals surface area contributed by atoms with E-state index < -0.39 is 35.8 Å². The highest BCUT2D eigenvalue weighted by atomic mass is 19.1. The molecule has 0 aliphatic heterocycles. The number of aliphatic hydroxyl groups excluding tert-OH is 1. The maximum atomic E-state index is 14.5. The van der Waals surface area contributed by atoms with Crippen molar-refractivity contribution in [3.63, 3.8) is 0 Å². The largest absolute Gasteiger partial charge is 0.392 e. The highest BCUT2D eigenvalue weighted by Gasteiger charge is 2.29. The van der Waals surface area contributed by atoms with Crippen LogP contribution >= 0.6 is 0 Å². The minimum atomic E-state index is -1.49. The summed E-state index contributed by atoms with van der Waals surface area (Å²) < 4.78 is 33.9. The van der Waals surface area contributed by atoms with E-state index in [1.54, 1.807) is 31.2 Å². The third-order valence-corrected chi connectivity index (χ3v) is 3.94. The molecule has 2 rings (SSSR count). The van der Waals surface area contributed by atoms with Crippen LogP contribution in [0.3, 0.4) is 0 Å². The van der Waals surface area contributed by atoms with E-state index in [2.05, 4.69) is 5.32 Å². The van der Waals surface area contributed by atoms with E-state index >= 15 is 0 Å². The van der Waals surface area contributed by atoms with Gasteiger partial charge >= 0.3 is 0 Å². The lowest BCUT2D eigenvalue weighted by atomic mass is 10.0. The van der Waals surface area contributed by atoms with Gasteiger partial charge in [-0.15, -0.1) is 0 Å². The molecular formula is C19H21F2N3O3. The average molecular weight is 377 g/mol. The molecule has 1 atom stereocenters. The molecule has 1 unspecified atom stereocenters. The Kier molecular flexibility index (Phi) is 6.98. The van der Waals surface area contributed by atoms with Crippen molar-refractivity contribution >= 4 is 11.7 Å². The van der Waals surface area contributed by atoms with Crippen molar-refractivity contribution in [2.75, 3.05) is 6.61 Å². The van der Waals surface area contributed by atoms with Crippen molar-refractivity contribution in [1.82, 2.24) is 5.32 Å². The summed E-state index contributed by atoms with van der Waals surface area (Å²) in [5.74, 6) is -2.71. The standard InChI is InChI=1S/C19H21F2N3O3/c1-2-27-17(15-14(20)8-7-13(10-25)16(15)21)19(26)24-9-11-3-5-12(6-4-11)18(22)23/h3-8,17,25H,2,9-10H2,1H3,(H3,22,23)(H,24,26). The first-order valence-corrected chi connectivity index (χ1v) is 8.29. The molecule has 0 radical (unpaired) electrons. The molecule has 2 aromatic carbocycles. The van der Waals surface area contributed by atoms with Gasteiger partial charge in [-0.25, -0.2) is 8.78 Å². The Labute approximate surface area is 155 Å². The number of carbonyl (C=O) groups is 1. The van der Waals surface area contributed by atoms with Gasteiger partial charge in [-0.3, -0.25) is 10.2 Å². The average Bonchev–Trinajstić information content (AvgIpc) is 2.66. The van der Waals surface area contributed by atoms with Crippen LogP contribution in [0.5, 0.6) is 0 Å². The van der Waals surface area contributed by atoms with Crippen LogP contribution in [-0.4, -0.2) is 23.5 Å². The molecule has 27 heavy (non-hydrogen) atoms. The highest BCUT2D eigenvalue weighted by molar-refractivity contribution is 5.94. The number of amidine groups is 1. The minimum absolute atomic E-state index is 0.0631. The molecule has 0 fully saturated rings. The Morgan fingerprint density at radius 3 is 2.48 bits per heavy atom. The summed E-state index contributed by atoms with van der Waals surface area (Å²) in [7, 11) is 0. The number of nitrogens with one attached hydrogen (secondary N) is 2. The van der Waals surface area contributed by atoms with Gasteiger partial charge in [0, 0.05) is 24.3 Å². The second-order valence-electron chi connectivity index (χ2n) is 5.76. The molecule has 0 bridgehead atoms. The molecule has 0 spiro atoms. The lowest BCUT2D eigenvalue weighted by Crippen LogP contribution is -2.32. The van der Waals surface area contributed by atoms with Crippen LogP contribution in [0.25, 0.3) is 0 Å². The summed E-state index contributed by atoms with van der Waals surface area (Å²) in [6.07, 6.45) is -1.49. The van der Waals surface area contributed by atoms with Crippen LogP contribution in [0.1, 0.15) is 35.3 Å². The summed E-state index contributed by atoms with van der Waals surface area (Å²) in [5, 5.41) is 19.1. The molecule has 0 aliphatic carbocycles. The van der Waals surface area contributed by atoms with Gasteiger partial charge in [0.25, 0.3) is 5.91 Å². The van der Waals surface area contributed by atoms with Crippen LogP contribution in [0.2, 0.25) is 0 Å². The molecule has 0 heterocycles. The summed E-state index contributed by atoms with van der Waals surface area (Å²) in [6, 6.07) is 8.73. The first-order chi connectivity index (χ1) is 12.9. The summed E-state index contributed by atoms with van der Waals surface area (Å²) in [6.45, 7) is 1.14. The topological polar surface area (TPSA) is 108 Å². The SMILES string of the molecule is CCOC(C(=O)NCc1ccc(C(=N)N)cc1)c1c(F)ccc(CO)c1F. The number of rotatable bonds is 8. The van der Waals surface area contributed by atoms with Gasteiger partial charge < -0.3 is 20.9 Å². The van der Waals surface area contributed by atoms with Gasteiger partial charge in [0.05, 0.1) is 12.2 Å². The number of hydrogen-bond donors (Lipinski definition) is 4. The Morgan fingerprint density at radius 2 is 1.93 bits per heavy atom. The molecule has 144 valence electrons. The molecule has 0 aromatic heterocycles. The Bertz CT molecular complexity index is 826. The molecular weight excluding hydrogens is 356 g/mol. The Morgan fingerprint density at radius 1 is 1.26 bits per heavy atom. The molecule has 2 aromatic rings. The zero-order valence-electron chi connectivity index (χ0n) is 14.8. The van der Waals surface area contributed by atoms with Gasteiger partial charge in [-0.2, -0.15) is 0 Å².